The summed E-state index contributed by atoms with van der Waals surface area (Å²) in [5.41, 5.74) is 1.60. The van der Waals surface area contributed by atoms with Crippen molar-refractivity contribution in [1.82, 2.24) is 26.7 Å². The molecule has 0 rings (SSSR count). The van der Waals surface area contributed by atoms with Crippen LogP contribution in [0.2, 0.25) is 0 Å². The van der Waals surface area contributed by atoms with E-state index in [9.17, 15) is 43.1 Å². The molecule has 0 aliphatic rings. The highest BCUT2D eigenvalue weighted by atomic mass is 19.1. The molecule has 0 unspecified atom stereocenters. The van der Waals surface area contributed by atoms with Gasteiger partial charge in [-0.15, -0.1) is 0 Å². The van der Waals surface area contributed by atoms with Crippen LogP contribution in [0.5, 0.6) is 0 Å². The Kier molecular flexibility index (Phi) is 40.8. The summed E-state index contributed by atoms with van der Waals surface area (Å²) in [5.74, 6) is -3.28. The minimum Gasteiger partial charge on any atom is -0.481 e. The molecule has 8 N–H and O–H groups in total. The number of carboxylic acid groups (broad SMARTS) is 2. The number of amides is 4. The zero-order chi connectivity index (χ0) is 46.6. The summed E-state index contributed by atoms with van der Waals surface area (Å²) in [5, 5.41) is 37.3. The van der Waals surface area contributed by atoms with Crippen molar-refractivity contribution in [3.63, 3.8) is 0 Å². The zero-order valence-corrected chi connectivity index (χ0v) is 37.4. The average Bonchev–Trinajstić information content (AvgIpc) is 3.24. The van der Waals surface area contributed by atoms with Crippen molar-refractivity contribution >= 4 is 41.6 Å². The standard InChI is InChI=1S/C43H78FN5O14/c44-42(56)35(49-59)19-17-18-24-45-39(52)33-62-31-30-61-28-26-47-40(53)34-63-32-29-60-27-25-46-37(50)23-22-36(43(57)58)48-38(51)20-15-13-11-9-7-5-3-1-2-4-6-8-10-12-14-16-21-41(54)55/h35-36,49,59H,1-34H2,(H,45,52)(H,46,50)(H,47,53)(H,48,51)(H,54,55)(H,57,58)/t35-,36-/m0/s1. The highest BCUT2D eigenvalue weighted by molar-refractivity contribution is 5.84. The highest BCUT2D eigenvalue weighted by Crippen LogP contribution is 2.14. The summed E-state index contributed by atoms with van der Waals surface area (Å²) in [4.78, 5) is 80.9. The third-order valence-electron chi connectivity index (χ3n) is 9.86. The van der Waals surface area contributed by atoms with Crippen molar-refractivity contribution in [3.05, 3.63) is 0 Å². The maximum absolute atomic E-state index is 12.5. The molecule has 4 amide bonds. The first kappa shape index (κ1) is 59.2. The normalized spacial score (nSPS) is 12.0. The van der Waals surface area contributed by atoms with Gasteiger partial charge < -0.3 is 55.6 Å². The SMILES string of the molecule is O=C(O)CCCCCCCCCCCCCCCCCCC(=O)N[C@@H](CCC(=O)NCCOCCOCC(=O)NCCOCCOCC(=O)NCCCC[C@H](NO)C(=O)F)C(=O)O. The fraction of sp³-hybridized carbons (Fsp3) is 0.837. The van der Waals surface area contributed by atoms with Gasteiger partial charge in [-0.3, -0.25) is 28.8 Å². The van der Waals surface area contributed by atoms with E-state index in [4.69, 9.17) is 29.3 Å². The molecule has 0 bridgehead atoms. The van der Waals surface area contributed by atoms with Crippen LogP contribution in [-0.2, 0) is 52.5 Å². The number of nitrogens with one attached hydrogen (secondary N) is 5. The number of carbonyl (C=O) groups excluding carboxylic acids is 5. The molecule has 20 heteroatoms. The monoisotopic (exact) mass is 908 g/mol. The van der Waals surface area contributed by atoms with E-state index in [0.717, 1.165) is 38.5 Å². The van der Waals surface area contributed by atoms with Gasteiger partial charge in [0, 0.05) is 38.9 Å². The lowest BCUT2D eigenvalue weighted by atomic mass is 10.0. The molecule has 0 radical (unpaired) electrons. The quantitative estimate of drug-likeness (QED) is 0.0245. The minimum atomic E-state index is -1.65. The van der Waals surface area contributed by atoms with Gasteiger partial charge in [0.05, 0.1) is 39.6 Å². The van der Waals surface area contributed by atoms with Crippen LogP contribution in [0.15, 0.2) is 0 Å². The first-order valence-corrected chi connectivity index (χ1v) is 22.9. The van der Waals surface area contributed by atoms with E-state index in [-0.39, 0.29) is 122 Å². The van der Waals surface area contributed by atoms with Crippen LogP contribution in [0.1, 0.15) is 148 Å². The van der Waals surface area contributed by atoms with E-state index in [0.29, 0.717) is 25.8 Å². The summed E-state index contributed by atoms with van der Waals surface area (Å²) in [6.07, 6.45) is 19.2. The lowest BCUT2D eigenvalue weighted by Crippen LogP contribution is -2.41. The van der Waals surface area contributed by atoms with Crippen molar-refractivity contribution in [2.75, 3.05) is 72.5 Å². The van der Waals surface area contributed by atoms with Crippen LogP contribution in [0, 0.1) is 0 Å². The lowest BCUT2D eigenvalue weighted by Gasteiger charge is -2.14. The highest BCUT2D eigenvalue weighted by Gasteiger charge is 2.21. The molecule has 0 fully saturated rings. The van der Waals surface area contributed by atoms with Crippen LogP contribution in [-0.4, -0.2) is 142 Å². The van der Waals surface area contributed by atoms with Crippen LogP contribution in [0.3, 0.4) is 0 Å². The number of ether oxygens (including phenoxy) is 4. The fourth-order valence-corrected chi connectivity index (χ4v) is 6.25. The molecular formula is C43H78FN5O14. The molecule has 0 spiro atoms. The molecule has 366 valence electrons. The Balaban J connectivity index is 3.64. The molecule has 0 aliphatic heterocycles. The summed E-state index contributed by atoms with van der Waals surface area (Å²) < 4.78 is 33.7. The lowest BCUT2D eigenvalue weighted by molar-refractivity contribution is -0.142. The number of carboxylic acids is 2. The van der Waals surface area contributed by atoms with E-state index in [1.807, 2.05) is 0 Å². The van der Waals surface area contributed by atoms with Gasteiger partial charge in [-0.05, 0) is 38.5 Å². The van der Waals surface area contributed by atoms with Gasteiger partial charge in [0.2, 0.25) is 23.6 Å². The van der Waals surface area contributed by atoms with Gasteiger partial charge in [-0.25, -0.2) is 4.79 Å². The van der Waals surface area contributed by atoms with Gasteiger partial charge >= 0.3 is 18.0 Å². The fourth-order valence-electron chi connectivity index (χ4n) is 6.25. The maximum Gasteiger partial charge on any atom is 0.326 e. The Morgan fingerprint density at radius 2 is 0.857 bits per heavy atom. The number of unbranched alkanes of at least 4 members (excludes halogenated alkanes) is 16. The van der Waals surface area contributed by atoms with Gasteiger partial charge in [0.1, 0.15) is 25.3 Å². The molecule has 0 aromatic heterocycles. The second-order valence-electron chi connectivity index (χ2n) is 15.4. The summed E-state index contributed by atoms with van der Waals surface area (Å²) >= 11 is 0. The Labute approximate surface area is 372 Å². The molecule has 0 aromatic rings. The molecule has 19 nitrogen and oxygen atoms in total. The Morgan fingerprint density at radius 1 is 0.429 bits per heavy atom. The molecule has 0 saturated heterocycles. The largest absolute Gasteiger partial charge is 0.481 e. The molecule has 0 aliphatic carbocycles. The topological polar surface area (TPSA) is 277 Å². The maximum atomic E-state index is 12.5. The number of aliphatic carboxylic acids is 2. The van der Waals surface area contributed by atoms with E-state index >= 15 is 0 Å². The van der Waals surface area contributed by atoms with Crippen molar-refractivity contribution in [2.45, 2.75) is 160 Å². The second kappa shape index (κ2) is 43.4. The molecule has 0 saturated carbocycles. The van der Waals surface area contributed by atoms with Crippen molar-refractivity contribution in [3.8, 4) is 0 Å². The average molecular weight is 908 g/mol. The van der Waals surface area contributed by atoms with Gasteiger partial charge in [-0.2, -0.15) is 9.87 Å². The third kappa shape index (κ3) is 41.9. The van der Waals surface area contributed by atoms with E-state index in [1.54, 1.807) is 5.48 Å². The first-order chi connectivity index (χ1) is 30.5. The Bertz CT molecular complexity index is 1230. The number of rotatable bonds is 47. The molecule has 0 aromatic carbocycles. The first-order valence-electron chi connectivity index (χ1n) is 22.9. The van der Waals surface area contributed by atoms with Gasteiger partial charge in [-0.1, -0.05) is 89.9 Å². The Morgan fingerprint density at radius 3 is 1.30 bits per heavy atom. The minimum absolute atomic E-state index is 0.0343. The van der Waals surface area contributed by atoms with E-state index in [1.165, 1.54) is 57.8 Å². The van der Waals surface area contributed by atoms with Crippen LogP contribution in [0.4, 0.5) is 4.39 Å². The summed E-state index contributed by atoms with van der Waals surface area (Å²) in [6.45, 7) is 1.50. The third-order valence-corrected chi connectivity index (χ3v) is 9.86. The van der Waals surface area contributed by atoms with Crippen molar-refractivity contribution in [1.29, 1.82) is 0 Å². The summed E-state index contributed by atoms with van der Waals surface area (Å²) in [7, 11) is 0. The summed E-state index contributed by atoms with van der Waals surface area (Å²) in [6, 6.07) is -4.06. The molecular weight excluding hydrogens is 829 g/mol. The number of hydrogen-bond acceptors (Lipinski definition) is 13. The smallest absolute Gasteiger partial charge is 0.326 e. The second-order valence-corrected chi connectivity index (χ2v) is 15.4. The number of hydroxylamine groups is 1. The van der Waals surface area contributed by atoms with E-state index < -0.39 is 30.1 Å². The van der Waals surface area contributed by atoms with Crippen molar-refractivity contribution in [2.24, 2.45) is 0 Å². The van der Waals surface area contributed by atoms with Crippen molar-refractivity contribution < 1.29 is 72.3 Å². The van der Waals surface area contributed by atoms with E-state index in [2.05, 4.69) is 21.3 Å². The van der Waals surface area contributed by atoms with Crippen LogP contribution < -0.4 is 26.7 Å². The van der Waals surface area contributed by atoms with Gasteiger partial charge in [0.15, 0.2) is 0 Å². The van der Waals surface area contributed by atoms with Gasteiger partial charge in [0.25, 0.3) is 0 Å². The molecule has 0 heterocycles. The Hall–Kier alpha value is -3.82. The number of hydrogen-bond donors (Lipinski definition) is 8. The number of halogens is 1. The number of carbonyl (C=O) groups is 7. The predicted octanol–water partition coefficient (Wildman–Crippen LogP) is 3.87. The molecule has 63 heavy (non-hydrogen) atoms. The van der Waals surface area contributed by atoms with Crippen LogP contribution in [0.25, 0.3) is 0 Å². The molecule has 2 atom stereocenters. The van der Waals surface area contributed by atoms with Crippen LogP contribution >= 0.6 is 0 Å². The zero-order valence-electron chi connectivity index (χ0n) is 37.4. The predicted molar refractivity (Wildman–Crippen MR) is 231 cm³/mol.